The number of nitrogen functional groups attached to an aromatic ring is 1. The second-order valence-electron chi connectivity index (χ2n) is 4.68. The second kappa shape index (κ2) is 7.47. The van der Waals surface area contributed by atoms with E-state index in [0.717, 1.165) is 25.1 Å². The lowest BCUT2D eigenvalue weighted by atomic mass is 10.2. The Morgan fingerprint density at radius 3 is 3.00 bits per heavy atom. The molecule has 0 spiro atoms. The number of anilines is 2. The third-order valence-corrected chi connectivity index (χ3v) is 2.94. The summed E-state index contributed by atoms with van der Waals surface area (Å²) in [5, 5.41) is 9.78. The molecule has 114 valence electrons. The van der Waals surface area contributed by atoms with E-state index in [4.69, 9.17) is 10.5 Å². The second-order valence-corrected chi connectivity index (χ2v) is 4.68. The van der Waals surface area contributed by atoms with Gasteiger partial charge in [0.05, 0.1) is 18.0 Å². The van der Waals surface area contributed by atoms with Crippen molar-refractivity contribution in [3.8, 4) is 5.75 Å². The molecule has 0 radical (unpaired) electrons. The Bertz CT molecular complexity index is 559. The van der Waals surface area contributed by atoms with Crippen LogP contribution >= 0.6 is 0 Å². The van der Waals surface area contributed by atoms with Crippen LogP contribution in [0.5, 0.6) is 5.75 Å². The number of nitrogens with two attached hydrogens (primary N) is 1. The van der Waals surface area contributed by atoms with Gasteiger partial charge >= 0.3 is 0 Å². The highest BCUT2D eigenvalue weighted by Gasteiger charge is 2.09. The number of hydrogen-bond acceptors (Lipinski definition) is 5. The lowest BCUT2D eigenvalue weighted by Gasteiger charge is -2.12. The van der Waals surface area contributed by atoms with Gasteiger partial charge in [0.25, 0.3) is 0 Å². The molecule has 1 heterocycles. The van der Waals surface area contributed by atoms with Gasteiger partial charge in [-0.25, -0.2) is 9.37 Å². The van der Waals surface area contributed by atoms with Crippen LogP contribution in [0.1, 0.15) is 25.6 Å². The molecule has 2 aromatic rings. The van der Waals surface area contributed by atoms with Gasteiger partial charge in [-0.15, -0.1) is 0 Å². The highest BCUT2D eigenvalue weighted by Crippen LogP contribution is 2.28. The maximum Gasteiger partial charge on any atom is 0.167 e. The summed E-state index contributed by atoms with van der Waals surface area (Å²) in [5.41, 5.74) is 6.86. The Kier molecular flexibility index (Phi) is 5.36. The van der Waals surface area contributed by atoms with E-state index in [-0.39, 0.29) is 5.75 Å². The van der Waals surface area contributed by atoms with Crippen LogP contribution in [0.15, 0.2) is 18.5 Å². The molecule has 0 bridgehead atoms. The normalized spacial score (nSPS) is 10.6. The number of hydrogen-bond donors (Lipinski definition) is 3. The molecule has 4 N–H and O–H groups in total. The third kappa shape index (κ3) is 4.34. The molecule has 0 saturated carbocycles. The fourth-order valence-electron chi connectivity index (χ4n) is 1.87. The first-order chi connectivity index (χ1) is 10.2. The van der Waals surface area contributed by atoms with Crippen LogP contribution in [-0.2, 0) is 6.42 Å². The van der Waals surface area contributed by atoms with E-state index in [1.807, 2.05) is 6.92 Å². The van der Waals surface area contributed by atoms with E-state index in [1.54, 1.807) is 6.07 Å². The van der Waals surface area contributed by atoms with E-state index in [0.29, 0.717) is 24.5 Å². The summed E-state index contributed by atoms with van der Waals surface area (Å²) in [6.45, 7) is 3.15. The van der Waals surface area contributed by atoms with Crippen molar-refractivity contribution in [1.82, 2.24) is 15.2 Å². The Labute approximate surface area is 122 Å². The fraction of sp³-hybridized carbons (Fsp3) is 0.429. The molecular formula is C14H20FN5O. The number of H-pyrrole nitrogens is 1. The molecule has 1 aromatic heterocycles. The number of benzene rings is 1. The van der Waals surface area contributed by atoms with E-state index >= 15 is 0 Å². The average molecular weight is 293 g/mol. The van der Waals surface area contributed by atoms with E-state index in [2.05, 4.69) is 20.5 Å². The quantitative estimate of drug-likeness (QED) is 0.513. The number of aromatic amines is 1. The van der Waals surface area contributed by atoms with Crippen molar-refractivity contribution >= 4 is 11.4 Å². The number of nitrogens with one attached hydrogen (secondary N) is 2. The zero-order valence-corrected chi connectivity index (χ0v) is 12.0. The SMILES string of the molecule is CCCOc1cc(NCCCc2ncn[nH]2)c(N)cc1F. The van der Waals surface area contributed by atoms with Crippen molar-refractivity contribution in [3.63, 3.8) is 0 Å². The molecule has 6 nitrogen and oxygen atoms in total. The number of aromatic nitrogens is 3. The summed E-state index contributed by atoms with van der Waals surface area (Å²) in [4.78, 5) is 4.05. The summed E-state index contributed by atoms with van der Waals surface area (Å²) < 4.78 is 19.0. The Morgan fingerprint density at radius 2 is 2.29 bits per heavy atom. The van der Waals surface area contributed by atoms with Crippen molar-refractivity contribution in [3.05, 3.63) is 30.1 Å². The molecule has 1 aromatic carbocycles. The lowest BCUT2D eigenvalue weighted by molar-refractivity contribution is 0.301. The van der Waals surface area contributed by atoms with Crippen molar-refractivity contribution < 1.29 is 9.13 Å². The van der Waals surface area contributed by atoms with E-state index in [9.17, 15) is 4.39 Å². The van der Waals surface area contributed by atoms with Crippen molar-refractivity contribution in [2.75, 3.05) is 24.2 Å². The molecule has 0 aliphatic rings. The molecule has 0 unspecified atom stereocenters. The number of nitrogens with zero attached hydrogens (tertiary/aromatic N) is 2. The first-order valence-electron chi connectivity index (χ1n) is 7.00. The minimum atomic E-state index is -0.437. The summed E-state index contributed by atoms with van der Waals surface area (Å²) in [5.74, 6) is 0.632. The van der Waals surface area contributed by atoms with Gasteiger partial charge < -0.3 is 15.8 Å². The van der Waals surface area contributed by atoms with Crippen molar-refractivity contribution in [1.29, 1.82) is 0 Å². The number of aryl methyl sites for hydroxylation is 1. The molecule has 0 atom stereocenters. The number of halogens is 1. The van der Waals surface area contributed by atoms with Crippen LogP contribution < -0.4 is 15.8 Å². The minimum Gasteiger partial charge on any atom is -0.490 e. The topological polar surface area (TPSA) is 88.8 Å². The van der Waals surface area contributed by atoms with Crippen molar-refractivity contribution in [2.24, 2.45) is 0 Å². The standard InChI is InChI=1S/C14H20FN5O/c1-2-6-21-13-8-12(11(16)7-10(13)15)17-5-3-4-14-18-9-19-20-14/h7-9,17H,2-6,16H2,1H3,(H,18,19,20). The molecule has 7 heteroatoms. The summed E-state index contributed by atoms with van der Waals surface area (Å²) >= 11 is 0. The van der Waals surface area contributed by atoms with Crippen LogP contribution in [-0.4, -0.2) is 28.3 Å². The fourth-order valence-corrected chi connectivity index (χ4v) is 1.87. The Balaban J connectivity index is 1.89. The van der Waals surface area contributed by atoms with Gasteiger partial charge in [-0.2, -0.15) is 5.10 Å². The summed E-state index contributed by atoms with van der Waals surface area (Å²) in [6.07, 6.45) is 3.95. The van der Waals surface area contributed by atoms with Gasteiger partial charge in [0.1, 0.15) is 12.2 Å². The zero-order valence-electron chi connectivity index (χ0n) is 12.0. The largest absolute Gasteiger partial charge is 0.490 e. The van der Waals surface area contributed by atoms with Gasteiger partial charge in [0.15, 0.2) is 11.6 Å². The van der Waals surface area contributed by atoms with Crippen LogP contribution in [0.25, 0.3) is 0 Å². The molecule has 0 aliphatic heterocycles. The van der Waals surface area contributed by atoms with Crippen molar-refractivity contribution in [2.45, 2.75) is 26.2 Å². The van der Waals surface area contributed by atoms with Gasteiger partial charge in [0.2, 0.25) is 0 Å². The molecule has 21 heavy (non-hydrogen) atoms. The van der Waals surface area contributed by atoms with Gasteiger partial charge in [0, 0.05) is 25.1 Å². The van der Waals surface area contributed by atoms with Crippen LogP contribution in [0.3, 0.4) is 0 Å². The van der Waals surface area contributed by atoms with E-state index in [1.165, 1.54) is 12.4 Å². The van der Waals surface area contributed by atoms with Gasteiger partial charge in [-0.1, -0.05) is 6.92 Å². The van der Waals surface area contributed by atoms with Crippen LogP contribution in [0.2, 0.25) is 0 Å². The smallest absolute Gasteiger partial charge is 0.167 e. The molecule has 0 saturated heterocycles. The summed E-state index contributed by atoms with van der Waals surface area (Å²) in [6, 6.07) is 2.89. The number of rotatable bonds is 8. The first-order valence-corrected chi connectivity index (χ1v) is 7.00. The van der Waals surface area contributed by atoms with Crippen LogP contribution in [0.4, 0.5) is 15.8 Å². The average Bonchev–Trinajstić information content (AvgIpc) is 2.97. The Hall–Kier alpha value is -2.31. The molecule has 0 fully saturated rings. The molecule has 2 rings (SSSR count). The third-order valence-electron chi connectivity index (χ3n) is 2.94. The maximum absolute atomic E-state index is 13.7. The Morgan fingerprint density at radius 1 is 1.43 bits per heavy atom. The van der Waals surface area contributed by atoms with Gasteiger partial charge in [-0.05, 0) is 12.8 Å². The lowest BCUT2D eigenvalue weighted by Crippen LogP contribution is -2.07. The monoisotopic (exact) mass is 293 g/mol. The highest BCUT2D eigenvalue weighted by atomic mass is 19.1. The molecule has 0 aliphatic carbocycles. The molecule has 0 amide bonds. The first kappa shape index (κ1) is 15.1. The zero-order chi connectivity index (χ0) is 15.1. The predicted molar refractivity (Wildman–Crippen MR) is 79.8 cm³/mol. The number of ether oxygens (including phenoxy) is 1. The van der Waals surface area contributed by atoms with Crippen LogP contribution in [0, 0.1) is 5.82 Å². The van der Waals surface area contributed by atoms with E-state index < -0.39 is 5.82 Å². The molecular weight excluding hydrogens is 273 g/mol. The summed E-state index contributed by atoms with van der Waals surface area (Å²) in [7, 11) is 0. The highest BCUT2D eigenvalue weighted by molar-refractivity contribution is 5.68. The maximum atomic E-state index is 13.7. The predicted octanol–water partition coefficient (Wildman–Crippen LogP) is 2.36. The minimum absolute atomic E-state index is 0.226. The van der Waals surface area contributed by atoms with Gasteiger partial charge in [-0.3, -0.25) is 5.10 Å².